The minimum absolute atomic E-state index is 0.233. The van der Waals surface area contributed by atoms with Crippen molar-refractivity contribution in [3.8, 4) is 12.0 Å². The van der Waals surface area contributed by atoms with Crippen molar-refractivity contribution in [2.24, 2.45) is 0 Å². The van der Waals surface area contributed by atoms with E-state index < -0.39 is 0 Å². The molecule has 0 aromatic carbocycles. The molecule has 7 nitrogen and oxygen atoms in total. The van der Waals surface area contributed by atoms with E-state index in [0.717, 1.165) is 6.54 Å². The second kappa shape index (κ2) is 6.19. The van der Waals surface area contributed by atoms with Gasteiger partial charge in [-0.25, -0.2) is 0 Å². The minimum atomic E-state index is 0.233. The lowest BCUT2D eigenvalue weighted by Crippen LogP contribution is -2.31. The number of hydrogen-bond acceptors (Lipinski definition) is 7. The molecule has 0 aliphatic heterocycles. The molecule has 0 fully saturated rings. The van der Waals surface area contributed by atoms with Gasteiger partial charge in [-0.1, -0.05) is 0 Å². The van der Waals surface area contributed by atoms with Gasteiger partial charge in [-0.05, 0) is 21.0 Å². The second-order valence-corrected chi connectivity index (χ2v) is 3.83. The van der Waals surface area contributed by atoms with Crippen molar-refractivity contribution in [3.63, 3.8) is 0 Å². The first-order valence-electron chi connectivity index (χ1n) is 5.31. The summed E-state index contributed by atoms with van der Waals surface area (Å²) in [5.41, 5.74) is 0. The number of hydrogen-bond donors (Lipinski definition) is 1. The van der Waals surface area contributed by atoms with E-state index in [-0.39, 0.29) is 12.0 Å². The molecule has 1 heterocycles. The largest absolute Gasteiger partial charge is 0.467 e. The lowest BCUT2D eigenvalue weighted by molar-refractivity contribution is 0.324. The number of ether oxygens (including phenoxy) is 2. The summed E-state index contributed by atoms with van der Waals surface area (Å²) in [5, 5.41) is 3.11. The third-order valence-electron chi connectivity index (χ3n) is 2.40. The highest BCUT2D eigenvalue weighted by Gasteiger charge is 2.09. The fourth-order valence-corrected chi connectivity index (χ4v) is 1.02. The van der Waals surface area contributed by atoms with Crippen LogP contribution in [0.2, 0.25) is 0 Å². The van der Waals surface area contributed by atoms with E-state index in [1.165, 1.54) is 14.2 Å². The fourth-order valence-electron chi connectivity index (χ4n) is 1.02. The normalized spacial score (nSPS) is 12.4. The van der Waals surface area contributed by atoms with E-state index in [1.807, 2.05) is 14.1 Å². The molecule has 17 heavy (non-hydrogen) atoms. The molecule has 0 bridgehead atoms. The zero-order valence-electron chi connectivity index (χ0n) is 10.9. The fraction of sp³-hybridized carbons (Fsp3) is 0.700. The first-order chi connectivity index (χ1) is 8.06. The Morgan fingerprint density at radius 3 is 2.06 bits per heavy atom. The van der Waals surface area contributed by atoms with Crippen LogP contribution in [0.1, 0.15) is 6.92 Å². The summed E-state index contributed by atoms with van der Waals surface area (Å²) in [6.45, 7) is 2.83. The zero-order valence-corrected chi connectivity index (χ0v) is 10.9. The molecule has 1 atom stereocenters. The van der Waals surface area contributed by atoms with E-state index >= 15 is 0 Å². The maximum atomic E-state index is 4.96. The van der Waals surface area contributed by atoms with Crippen LogP contribution in [0, 0.1) is 0 Å². The molecule has 1 aromatic rings. The van der Waals surface area contributed by atoms with Gasteiger partial charge in [0.2, 0.25) is 5.95 Å². The van der Waals surface area contributed by atoms with Crippen LogP contribution in [0.15, 0.2) is 0 Å². The number of likely N-dealkylation sites (N-methyl/N-ethyl adjacent to an activating group) is 1. The van der Waals surface area contributed by atoms with Crippen molar-refractivity contribution in [2.75, 3.05) is 40.2 Å². The van der Waals surface area contributed by atoms with Crippen molar-refractivity contribution in [1.82, 2.24) is 19.9 Å². The van der Waals surface area contributed by atoms with Gasteiger partial charge >= 0.3 is 12.0 Å². The highest BCUT2D eigenvalue weighted by molar-refractivity contribution is 5.27. The van der Waals surface area contributed by atoms with Crippen LogP contribution in [-0.4, -0.2) is 60.8 Å². The number of nitrogens with one attached hydrogen (secondary N) is 1. The van der Waals surface area contributed by atoms with Crippen LogP contribution in [0.3, 0.4) is 0 Å². The van der Waals surface area contributed by atoms with E-state index in [1.54, 1.807) is 0 Å². The molecule has 96 valence electrons. The van der Waals surface area contributed by atoms with Crippen molar-refractivity contribution in [1.29, 1.82) is 0 Å². The lowest BCUT2D eigenvalue weighted by Gasteiger charge is -2.19. The van der Waals surface area contributed by atoms with Crippen LogP contribution in [0.4, 0.5) is 5.95 Å². The second-order valence-electron chi connectivity index (χ2n) is 3.83. The molecule has 1 aromatic heterocycles. The number of anilines is 1. The Hall–Kier alpha value is -1.63. The van der Waals surface area contributed by atoms with Crippen LogP contribution < -0.4 is 14.8 Å². The Morgan fingerprint density at radius 1 is 1.12 bits per heavy atom. The van der Waals surface area contributed by atoms with Gasteiger partial charge in [0.25, 0.3) is 0 Å². The van der Waals surface area contributed by atoms with Crippen molar-refractivity contribution in [3.05, 3.63) is 0 Å². The monoisotopic (exact) mass is 241 g/mol. The quantitative estimate of drug-likeness (QED) is 0.765. The van der Waals surface area contributed by atoms with Crippen LogP contribution in [0.25, 0.3) is 0 Å². The summed E-state index contributed by atoms with van der Waals surface area (Å²) in [7, 11) is 7.03. The molecule has 1 rings (SSSR count). The van der Waals surface area contributed by atoms with Crippen LogP contribution in [0.5, 0.6) is 12.0 Å². The molecule has 0 saturated carbocycles. The molecule has 0 spiro atoms. The number of methoxy groups -OCH3 is 2. The average Bonchev–Trinajstić information content (AvgIpc) is 2.35. The first-order valence-corrected chi connectivity index (χ1v) is 5.31. The number of nitrogens with zero attached hydrogens (tertiary/aromatic N) is 4. The SMILES string of the molecule is COc1nc(NCC(C)N(C)C)nc(OC)n1. The molecule has 7 heteroatoms. The lowest BCUT2D eigenvalue weighted by atomic mass is 10.3. The van der Waals surface area contributed by atoms with Gasteiger partial charge in [-0.2, -0.15) is 9.97 Å². The van der Waals surface area contributed by atoms with E-state index in [2.05, 4.69) is 32.1 Å². The predicted molar refractivity (Wildman–Crippen MR) is 64.6 cm³/mol. The summed E-state index contributed by atoms with van der Waals surface area (Å²) in [6.07, 6.45) is 0. The first kappa shape index (κ1) is 13.4. The topological polar surface area (TPSA) is 72.4 Å². The van der Waals surface area contributed by atoms with Gasteiger partial charge in [-0.3, -0.25) is 0 Å². The zero-order chi connectivity index (χ0) is 12.8. The Bertz CT molecular complexity index is 336. The summed E-state index contributed by atoms with van der Waals surface area (Å²) in [5.74, 6) is 0.447. The molecule has 0 aliphatic rings. The molecule has 0 saturated heterocycles. The summed E-state index contributed by atoms with van der Waals surface area (Å²) in [6, 6.07) is 0.831. The van der Waals surface area contributed by atoms with Crippen LogP contribution in [-0.2, 0) is 0 Å². The minimum Gasteiger partial charge on any atom is -0.467 e. The van der Waals surface area contributed by atoms with E-state index in [4.69, 9.17) is 9.47 Å². The smallest absolute Gasteiger partial charge is 0.324 e. The van der Waals surface area contributed by atoms with E-state index in [0.29, 0.717) is 12.0 Å². The molecular formula is C10H19N5O2. The van der Waals surface area contributed by atoms with Crippen molar-refractivity contribution in [2.45, 2.75) is 13.0 Å². The number of aromatic nitrogens is 3. The van der Waals surface area contributed by atoms with Gasteiger partial charge in [0.1, 0.15) is 0 Å². The number of rotatable bonds is 6. The van der Waals surface area contributed by atoms with Crippen LogP contribution >= 0.6 is 0 Å². The highest BCUT2D eigenvalue weighted by Crippen LogP contribution is 2.11. The van der Waals surface area contributed by atoms with Gasteiger partial charge in [-0.15, -0.1) is 4.98 Å². The summed E-state index contributed by atoms with van der Waals surface area (Å²) in [4.78, 5) is 14.2. The van der Waals surface area contributed by atoms with Gasteiger partial charge in [0, 0.05) is 12.6 Å². The molecule has 0 radical (unpaired) electrons. The third-order valence-corrected chi connectivity index (χ3v) is 2.40. The summed E-state index contributed by atoms with van der Waals surface area (Å²) < 4.78 is 9.92. The van der Waals surface area contributed by atoms with E-state index in [9.17, 15) is 0 Å². The molecule has 1 unspecified atom stereocenters. The Balaban J connectivity index is 2.70. The molecule has 0 aliphatic carbocycles. The Labute approximate surface area is 101 Å². The van der Waals surface area contributed by atoms with Gasteiger partial charge in [0.15, 0.2) is 0 Å². The van der Waals surface area contributed by atoms with Crippen molar-refractivity contribution < 1.29 is 9.47 Å². The molecule has 0 amide bonds. The Kier molecular flexibility index (Phi) is 4.89. The van der Waals surface area contributed by atoms with Gasteiger partial charge < -0.3 is 19.7 Å². The average molecular weight is 241 g/mol. The molecular weight excluding hydrogens is 222 g/mol. The third kappa shape index (κ3) is 4.03. The highest BCUT2D eigenvalue weighted by atomic mass is 16.5. The predicted octanol–water partition coefficient (Wildman–Crippen LogP) is 0.251. The maximum Gasteiger partial charge on any atom is 0.324 e. The van der Waals surface area contributed by atoms with Gasteiger partial charge in [0.05, 0.1) is 14.2 Å². The Morgan fingerprint density at radius 2 is 1.65 bits per heavy atom. The molecule has 1 N–H and O–H groups in total. The maximum absolute atomic E-state index is 4.96. The van der Waals surface area contributed by atoms with Crippen molar-refractivity contribution >= 4 is 5.95 Å². The standard InChI is InChI=1S/C10H19N5O2/c1-7(15(2)3)6-11-8-12-9(16-4)14-10(13-8)17-5/h7H,6H2,1-5H3,(H,11,12,13,14). The summed E-state index contributed by atoms with van der Waals surface area (Å²) >= 11 is 0.